The fraction of sp³-hybridized carbons (Fsp3) is 0.294. The molecule has 0 fully saturated rings. The molecule has 4 heteroatoms. The summed E-state index contributed by atoms with van der Waals surface area (Å²) in [4.78, 5) is 0. The number of fused-ring (bicyclic) bond motifs is 1. The Bertz CT molecular complexity index is 630. The van der Waals surface area contributed by atoms with E-state index in [1.807, 2.05) is 37.4 Å². The Morgan fingerprint density at radius 2 is 2.00 bits per heavy atom. The quantitative estimate of drug-likeness (QED) is 0.888. The number of nitrogens with one attached hydrogen (secondary N) is 1. The summed E-state index contributed by atoms with van der Waals surface area (Å²) in [5, 5.41) is 13.5. The van der Waals surface area contributed by atoms with Gasteiger partial charge in [0, 0.05) is 18.5 Å². The van der Waals surface area contributed by atoms with Crippen molar-refractivity contribution in [2.75, 3.05) is 13.6 Å². The van der Waals surface area contributed by atoms with Gasteiger partial charge in [0.1, 0.15) is 5.75 Å². The van der Waals surface area contributed by atoms with Crippen LogP contribution in [0.5, 0.6) is 5.75 Å². The van der Waals surface area contributed by atoms with E-state index in [2.05, 4.69) is 33.4 Å². The molecule has 1 aliphatic rings. The molecule has 2 unspecified atom stereocenters. The molecule has 21 heavy (non-hydrogen) atoms. The highest BCUT2D eigenvalue weighted by molar-refractivity contribution is 9.10. The lowest BCUT2D eigenvalue weighted by Crippen LogP contribution is -2.27. The van der Waals surface area contributed by atoms with Crippen LogP contribution in [0.1, 0.15) is 28.9 Å². The second-order valence-electron chi connectivity index (χ2n) is 5.25. The first kappa shape index (κ1) is 14.6. The minimum absolute atomic E-state index is 0.0303. The molecule has 0 amide bonds. The SMILES string of the molecule is CNCC1OC(c2ccccc2)Cc2c1ccc(Br)c2O. The van der Waals surface area contributed by atoms with E-state index in [1.165, 1.54) is 0 Å². The molecule has 0 saturated heterocycles. The summed E-state index contributed by atoms with van der Waals surface area (Å²) in [5.41, 5.74) is 3.19. The van der Waals surface area contributed by atoms with Gasteiger partial charge in [-0.3, -0.25) is 0 Å². The van der Waals surface area contributed by atoms with Crippen molar-refractivity contribution in [1.82, 2.24) is 5.32 Å². The minimum Gasteiger partial charge on any atom is -0.506 e. The van der Waals surface area contributed by atoms with Gasteiger partial charge in [0.2, 0.25) is 0 Å². The number of likely N-dealkylation sites (N-methyl/N-ethyl adjacent to an activating group) is 1. The van der Waals surface area contributed by atoms with Crippen LogP contribution >= 0.6 is 15.9 Å². The first-order valence-electron chi connectivity index (χ1n) is 7.06. The zero-order valence-corrected chi connectivity index (χ0v) is 13.4. The van der Waals surface area contributed by atoms with Crippen LogP contribution in [0.4, 0.5) is 0 Å². The molecule has 0 bridgehead atoms. The lowest BCUT2D eigenvalue weighted by Gasteiger charge is -2.33. The fourth-order valence-electron chi connectivity index (χ4n) is 2.85. The first-order valence-corrected chi connectivity index (χ1v) is 7.85. The molecule has 3 rings (SSSR count). The summed E-state index contributed by atoms with van der Waals surface area (Å²) in [5.74, 6) is 0.331. The maximum atomic E-state index is 10.4. The molecule has 0 saturated carbocycles. The third kappa shape index (κ3) is 2.84. The van der Waals surface area contributed by atoms with Crippen LogP contribution in [0.2, 0.25) is 0 Å². The Kier molecular flexibility index (Phi) is 4.29. The molecule has 2 atom stereocenters. The summed E-state index contributed by atoms with van der Waals surface area (Å²) >= 11 is 3.40. The van der Waals surface area contributed by atoms with Gasteiger partial charge >= 0.3 is 0 Å². The van der Waals surface area contributed by atoms with Gasteiger partial charge in [-0.15, -0.1) is 0 Å². The second-order valence-corrected chi connectivity index (χ2v) is 6.10. The number of ether oxygens (including phenoxy) is 1. The minimum atomic E-state index is -0.0528. The molecule has 2 N–H and O–H groups in total. The van der Waals surface area contributed by atoms with E-state index in [0.29, 0.717) is 12.2 Å². The number of hydrogen-bond donors (Lipinski definition) is 2. The fourth-order valence-corrected chi connectivity index (χ4v) is 3.22. The number of aromatic hydroxyl groups is 1. The molecule has 3 nitrogen and oxygen atoms in total. The molecular formula is C17H18BrNO2. The predicted molar refractivity (Wildman–Crippen MR) is 86.4 cm³/mol. The van der Waals surface area contributed by atoms with Gasteiger partial charge in [0.15, 0.2) is 0 Å². The number of halogens is 1. The Balaban J connectivity index is 2.01. The van der Waals surface area contributed by atoms with Gasteiger partial charge in [0.25, 0.3) is 0 Å². The highest BCUT2D eigenvalue weighted by atomic mass is 79.9. The van der Waals surface area contributed by atoms with Gasteiger partial charge in [-0.1, -0.05) is 36.4 Å². The first-order chi connectivity index (χ1) is 10.2. The molecule has 110 valence electrons. The van der Waals surface area contributed by atoms with Gasteiger partial charge in [-0.05, 0) is 40.2 Å². The number of phenolic OH excluding ortho intramolecular Hbond substituents is 1. The normalized spacial score (nSPS) is 21.0. The van der Waals surface area contributed by atoms with Crippen molar-refractivity contribution in [2.24, 2.45) is 0 Å². The van der Waals surface area contributed by atoms with Crippen molar-refractivity contribution in [2.45, 2.75) is 18.6 Å². The Morgan fingerprint density at radius 1 is 1.24 bits per heavy atom. The van der Waals surface area contributed by atoms with Gasteiger partial charge in [0.05, 0.1) is 16.7 Å². The Morgan fingerprint density at radius 3 is 2.71 bits per heavy atom. The maximum absolute atomic E-state index is 10.4. The van der Waals surface area contributed by atoms with Gasteiger partial charge < -0.3 is 15.2 Å². The number of rotatable bonds is 3. The zero-order chi connectivity index (χ0) is 14.8. The number of hydrogen-bond acceptors (Lipinski definition) is 3. The van der Waals surface area contributed by atoms with Crippen LogP contribution in [0.25, 0.3) is 0 Å². The summed E-state index contributed by atoms with van der Waals surface area (Å²) < 4.78 is 6.98. The van der Waals surface area contributed by atoms with Crippen LogP contribution in [-0.4, -0.2) is 18.7 Å². The molecule has 1 heterocycles. The molecule has 0 spiro atoms. The molecular weight excluding hydrogens is 330 g/mol. The summed E-state index contributed by atoms with van der Waals surface area (Å²) in [6.07, 6.45) is 0.602. The van der Waals surface area contributed by atoms with Crippen LogP contribution in [0.3, 0.4) is 0 Å². The van der Waals surface area contributed by atoms with E-state index >= 15 is 0 Å². The molecule has 0 aliphatic carbocycles. The lowest BCUT2D eigenvalue weighted by atomic mass is 9.90. The maximum Gasteiger partial charge on any atom is 0.133 e. The van der Waals surface area contributed by atoms with Crippen molar-refractivity contribution < 1.29 is 9.84 Å². The smallest absolute Gasteiger partial charge is 0.133 e. The van der Waals surface area contributed by atoms with Crippen molar-refractivity contribution in [3.05, 3.63) is 63.6 Å². The summed E-state index contributed by atoms with van der Waals surface area (Å²) in [7, 11) is 1.91. The highest BCUT2D eigenvalue weighted by Crippen LogP contribution is 2.43. The summed E-state index contributed by atoms with van der Waals surface area (Å²) in [6, 6.07) is 14.1. The average molecular weight is 348 g/mol. The predicted octanol–water partition coefficient (Wildman–Crippen LogP) is 3.73. The van der Waals surface area contributed by atoms with Crippen LogP contribution < -0.4 is 5.32 Å². The van der Waals surface area contributed by atoms with Gasteiger partial charge in [-0.2, -0.15) is 0 Å². The van der Waals surface area contributed by atoms with E-state index in [4.69, 9.17) is 4.74 Å². The van der Waals surface area contributed by atoms with E-state index in [0.717, 1.165) is 27.7 Å². The zero-order valence-electron chi connectivity index (χ0n) is 11.8. The average Bonchev–Trinajstić information content (AvgIpc) is 2.52. The highest BCUT2D eigenvalue weighted by Gasteiger charge is 2.30. The van der Waals surface area contributed by atoms with Crippen LogP contribution in [0.15, 0.2) is 46.9 Å². The van der Waals surface area contributed by atoms with Crippen LogP contribution in [0, 0.1) is 0 Å². The van der Waals surface area contributed by atoms with Crippen molar-refractivity contribution >= 4 is 15.9 Å². The third-order valence-electron chi connectivity index (χ3n) is 3.90. The molecule has 0 aromatic heterocycles. The van der Waals surface area contributed by atoms with E-state index in [9.17, 15) is 5.11 Å². The monoisotopic (exact) mass is 347 g/mol. The third-order valence-corrected chi connectivity index (χ3v) is 4.54. The largest absolute Gasteiger partial charge is 0.506 e. The molecule has 0 radical (unpaired) electrons. The Hall–Kier alpha value is -1.36. The summed E-state index contributed by atoms with van der Waals surface area (Å²) in [6.45, 7) is 0.720. The topological polar surface area (TPSA) is 41.5 Å². The number of phenols is 1. The van der Waals surface area contributed by atoms with Crippen molar-refractivity contribution in [3.8, 4) is 5.75 Å². The molecule has 2 aromatic carbocycles. The van der Waals surface area contributed by atoms with Crippen LogP contribution in [-0.2, 0) is 11.2 Å². The standard InChI is InChI=1S/C17H18BrNO2/c1-19-10-16-12-7-8-14(18)17(20)13(12)9-15(21-16)11-5-3-2-4-6-11/h2-8,15-16,19-20H,9-10H2,1H3. The van der Waals surface area contributed by atoms with E-state index in [-0.39, 0.29) is 12.2 Å². The lowest BCUT2D eigenvalue weighted by molar-refractivity contribution is -0.0263. The van der Waals surface area contributed by atoms with Crippen molar-refractivity contribution in [3.63, 3.8) is 0 Å². The van der Waals surface area contributed by atoms with Gasteiger partial charge in [-0.25, -0.2) is 0 Å². The second kappa shape index (κ2) is 6.18. The number of benzene rings is 2. The molecule has 1 aliphatic heterocycles. The molecule has 2 aromatic rings. The van der Waals surface area contributed by atoms with Crippen molar-refractivity contribution in [1.29, 1.82) is 0 Å². The Labute approximate surface area is 133 Å². The van der Waals surface area contributed by atoms with E-state index in [1.54, 1.807) is 0 Å². The van der Waals surface area contributed by atoms with E-state index < -0.39 is 0 Å².